The number of nitrogens with zero attached hydrogens (tertiary/aromatic N) is 1. The van der Waals surface area contributed by atoms with Crippen LogP contribution in [0.25, 0.3) is 0 Å². The fourth-order valence-corrected chi connectivity index (χ4v) is 3.42. The van der Waals surface area contributed by atoms with Crippen LogP contribution < -0.4 is 9.64 Å². The molecule has 3 rings (SSSR count). The summed E-state index contributed by atoms with van der Waals surface area (Å²) in [7, 11) is 0. The van der Waals surface area contributed by atoms with Gasteiger partial charge in [-0.3, -0.25) is 4.79 Å². The van der Waals surface area contributed by atoms with Gasteiger partial charge in [0.05, 0.1) is 17.8 Å². The summed E-state index contributed by atoms with van der Waals surface area (Å²) in [5.41, 5.74) is 2.72. The van der Waals surface area contributed by atoms with Gasteiger partial charge in [0.2, 0.25) is 5.91 Å². The van der Waals surface area contributed by atoms with Gasteiger partial charge in [-0.05, 0) is 29.5 Å². The number of fused-ring (bicyclic) bond motifs is 1. The molecule has 5 heteroatoms. The molecule has 27 heavy (non-hydrogen) atoms. The van der Waals surface area contributed by atoms with Crippen LogP contribution in [0.5, 0.6) is 5.75 Å². The van der Waals surface area contributed by atoms with Crippen molar-refractivity contribution >= 4 is 17.6 Å². The molecule has 1 amide bonds. The van der Waals surface area contributed by atoms with Crippen LogP contribution in [-0.2, 0) is 16.6 Å². The quantitative estimate of drug-likeness (QED) is 0.886. The summed E-state index contributed by atoms with van der Waals surface area (Å²) in [5, 5.41) is 9.30. The predicted molar refractivity (Wildman–Crippen MR) is 105 cm³/mol. The fourth-order valence-electron chi connectivity index (χ4n) is 3.42. The molecule has 1 aliphatic rings. The second kappa shape index (κ2) is 7.43. The van der Waals surface area contributed by atoms with Crippen LogP contribution in [0, 0.1) is 0 Å². The van der Waals surface area contributed by atoms with E-state index in [4.69, 9.17) is 4.74 Å². The van der Waals surface area contributed by atoms with E-state index in [1.54, 1.807) is 29.2 Å². The normalized spacial score (nSPS) is 13.7. The third kappa shape index (κ3) is 3.97. The van der Waals surface area contributed by atoms with Crippen LogP contribution in [0.3, 0.4) is 0 Å². The first-order valence-corrected chi connectivity index (χ1v) is 9.17. The van der Waals surface area contributed by atoms with Crippen LogP contribution >= 0.6 is 0 Å². The van der Waals surface area contributed by atoms with Crippen molar-refractivity contribution in [3.05, 3.63) is 59.2 Å². The number of carbonyl (C=O) groups excluding carboxylic acids is 1. The van der Waals surface area contributed by atoms with E-state index in [2.05, 4.69) is 20.8 Å². The maximum Gasteiger partial charge on any atom is 0.335 e. The molecule has 2 aromatic rings. The molecule has 0 aromatic heterocycles. The van der Waals surface area contributed by atoms with Crippen molar-refractivity contribution in [1.82, 2.24) is 0 Å². The van der Waals surface area contributed by atoms with Crippen LogP contribution in [-0.4, -0.2) is 30.1 Å². The number of amides is 1. The van der Waals surface area contributed by atoms with Gasteiger partial charge >= 0.3 is 5.97 Å². The van der Waals surface area contributed by atoms with E-state index in [1.165, 1.54) is 0 Å². The Hall–Kier alpha value is -2.82. The minimum Gasteiger partial charge on any atom is -0.489 e. The number of anilines is 1. The Kier molecular flexibility index (Phi) is 5.22. The number of carboxylic acid groups (broad SMARTS) is 1. The largest absolute Gasteiger partial charge is 0.489 e. The van der Waals surface area contributed by atoms with Gasteiger partial charge in [0, 0.05) is 12.0 Å². The van der Waals surface area contributed by atoms with Crippen LogP contribution in [0.4, 0.5) is 5.69 Å². The highest BCUT2D eigenvalue weighted by Gasteiger charge is 2.29. The van der Waals surface area contributed by atoms with E-state index < -0.39 is 5.97 Å². The van der Waals surface area contributed by atoms with Crippen molar-refractivity contribution in [3.8, 4) is 5.75 Å². The molecule has 0 bridgehead atoms. The van der Waals surface area contributed by atoms with Gasteiger partial charge in [0.15, 0.2) is 0 Å². The van der Waals surface area contributed by atoms with Gasteiger partial charge in [0.1, 0.15) is 12.4 Å². The zero-order valence-electron chi connectivity index (χ0n) is 16.0. The Morgan fingerprint density at radius 1 is 1.11 bits per heavy atom. The summed E-state index contributed by atoms with van der Waals surface area (Å²) < 4.78 is 5.90. The molecule has 142 valence electrons. The lowest BCUT2D eigenvalue weighted by Gasteiger charge is -2.33. The first kappa shape index (κ1) is 19.0. The fraction of sp³-hybridized carbons (Fsp3) is 0.364. The molecule has 0 saturated heterocycles. The van der Waals surface area contributed by atoms with Crippen molar-refractivity contribution in [3.63, 3.8) is 0 Å². The molecule has 5 nitrogen and oxygen atoms in total. The Bertz CT molecular complexity index is 867. The molecule has 0 saturated carbocycles. The Morgan fingerprint density at radius 3 is 2.56 bits per heavy atom. The van der Waals surface area contributed by atoms with Crippen molar-refractivity contribution < 1.29 is 19.4 Å². The lowest BCUT2D eigenvalue weighted by Crippen LogP contribution is -2.38. The van der Waals surface area contributed by atoms with Gasteiger partial charge in [-0.25, -0.2) is 4.79 Å². The first-order valence-electron chi connectivity index (χ1n) is 9.17. The summed E-state index contributed by atoms with van der Waals surface area (Å²) in [5.74, 6) is -0.217. The van der Waals surface area contributed by atoms with Crippen LogP contribution in [0.1, 0.15) is 48.7 Å². The molecule has 2 aromatic carbocycles. The van der Waals surface area contributed by atoms with E-state index in [0.29, 0.717) is 25.1 Å². The molecule has 0 aliphatic carbocycles. The van der Waals surface area contributed by atoms with Crippen LogP contribution in [0.2, 0.25) is 0 Å². The van der Waals surface area contributed by atoms with Crippen molar-refractivity contribution in [2.75, 3.05) is 18.1 Å². The molecular weight excluding hydrogens is 342 g/mol. The SMILES string of the molecule is CC(C)(C)c1cccc2c1OCCN2C(=O)CCc1ccccc1C(=O)O. The minimum atomic E-state index is -0.968. The lowest BCUT2D eigenvalue weighted by atomic mass is 9.85. The van der Waals surface area contributed by atoms with Gasteiger partial charge in [0.25, 0.3) is 0 Å². The second-order valence-corrected chi connectivity index (χ2v) is 7.76. The number of hydrogen-bond acceptors (Lipinski definition) is 3. The van der Waals surface area contributed by atoms with E-state index in [9.17, 15) is 14.7 Å². The Labute approximate surface area is 159 Å². The van der Waals surface area contributed by atoms with Crippen LogP contribution in [0.15, 0.2) is 42.5 Å². The summed E-state index contributed by atoms with van der Waals surface area (Å²) in [4.78, 5) is 26.0. The van der Waals surface area contributed by atoms with E-state index in [0.717, 1.165) is 17.0 Å². The molecular formula is C22H25NO4. The zero-order valence-corrected chi connectivity index (χ0v) is 16.0. The monoisotopic (exact) mass is 367 g/mol. The first-order chi connectivity index (χ1) is 12.8. The molecule has 0 radical (unpaired) electrons. The van der Waals surface area contributed by atoms with Crippen molar-refractivity contribution in [2.45, 2.75) is 39.0 Å². The zero-order chi connectivity index (χ0) is 19.6. The lowest BCUT2D eigenvalue weighted by molar-refractivity contribution is -0.118. The second-order valence-electron chi connectivity index (χ2n) is 7.76. The minimum absolute atomic E-state index is 0.0224. The number of aromatic carboxylic acids is 1. The van der Waals surface area contributed by atoms with E-state index in [1.807, 2.05) is 18.2 Å². The summed E-state index contributed by atoms with van der Waals surface area (Å²) >= 11 is 0. The maximum atomic E-state index is 12.9. The van der Waals surface area contributed by atoms with Gasteiger partial charge < -0.3 is 14.7 Å². The molecule has 1 aliphatic heterocycles. The third-order valence-corrected chi connectivity index (χ3v) is 4.81. The Balaban J connectivity index is 1.81. The summed E-state index contributed by atoms with van der Waals surface area (Å²) in [6, 6.07) is 12.7. The number of aryl methyl sites for hydroxylation is 1. The molecule has 1 N–H and O–H groups in total. The molecule has 0 atom stereocenters. The van der Waals surface area contributed by atoms with Crippen molar-refractivity contribution in [2.24, 2.45) is 0 Å². The topological polar surface area (TPSA) is 66.8 Å². The number of carboxylic acids is 1. The molecule has 0 fully saturated rings. The highest BCUT2D eigenvalue weighted by molar-refractivity contribution is 5.96. The molecule has 1 heterocycles. The van der Waals surface area contributed by atoms with Gasteiger partial charge in [-0.2, -0.15) is 0 Å². The average molecular weight is 367 g/mol. The number of benzene rings is 2. The van der Waals surface area contributed by atoms with Gasteiger partial charge in [-0.15, -0.1) is 0 Å². The number of para-hydroxylation sites is 1. The number of carbonyl (C=O) groups is 2. The summed E-state index contributed by atoms with van der Waals surface area (Å²) in [6.07, 6.45) is 0.649. The molecule has 0 spiro atoms. The average Bonchev–Trinajstić information content (AvgIpc) is 2.64. The number of rotatable bonds is 4. The Morgan fingerprint density at radius 2 is 1.85 bits per heavy atom. The number of hydrogen-bond donors (Lipinski definition) is 1. The standard InChI is InChI=1S/C22H25NO4/c1-22(2,3)17-9-6-10-18-20(17)27-14-13-23(18)19(24)12-11-15-7-4-5-8-16(15)21(25)26/h4-10H,11-14H2,1-3H3,(H,25,26). The number of ether oxygens (including phenoxy) is 1. The highest BCUT2D eigenvalue weighted by atomic mass is 16.5. The predicted octanol–water partition coefficient (Wildman–Crippen LogP) is 4.04. The molecule has 0 unspecified atom stereocenters. The van der Waals surface area contributed by atoms with Crippen molar-refractivity contribution in [1.29, 1.82) is 0 Å². The summed E-state index contributed by atoms with van der Waals surface area (Å²) in [6.45, 7) is 7.32. The maximum absolute atomic E-state index is 12.9. The van der Waals surface area contributed by atoms with Gasteiger partial charge in [-0.1, -0.05) is 51.1 Å². The highest BCUT2D eigenvalue weighted by Crippen LogP contribution is 2.40. The third-order valence-electron chi connectivity index (χ3n) is 4.81. The smallest absolute Gasteiger partial charge is 0.335 e. The van der Waals surface area contributed by atoms with E-state index >= 15 is 0 Å². The van der Waals surface area contributed by atoms with E-state index in [-0.39, 0.29) is 23.3 Å².